The molecule has 0 N–H and O–H groups in total. The molecule has 0 atom stereocenters. The first-order chi connectivity index (χ1) is 14.4. The molecule has 0 rings (SSSR count). The summed E-state index contributed by atoms with van der Waals surface area (Å²) in [7, 11) is 0. The average molecular weight is 407 g/mol. The second-order valence-electron chi connectivity index (χ2n) is 9.47. The summed E-state index contributed by atoms with van der Waals surface area (Å²) in [5.74, 6) is 0. The third-order valence-corrected chi connectivity index (χ3v) is 6.37. The van der Waals surface area contributed by atoms with Gasteiger partial charge in [0.05, 0.1) is 0 Å². The Morgan fingerprint density at radius 2 is 0.483 bits per heavy atom. The van der Waals surface area contributed by atoms with Crippen molar-refractivity contribution >= 4 is 0 Å². The Hall–Kier alpha value is -0.260. The highest BCUT2D eigenvalue weighted by Gasteiger charge is 1.94. The lowest BCUT2D eigenvalue weighted by molar-refractivity contribution is 0.544. The maximum absolute atomic E-state index is 2.45. The van der Waals surface area contributed by atoms with Crippen molar-refractivity contribution in [1.29, 1.82) is 0 Å². The Balaban J connectivity index is 3.05. The van der Waals surface area contributed by atoms with Crippen molar-refractivity contribution in [3.05, 3.63) is 12.2 Å². The quantitative estimate of drug-likeness (QED) is 0.104. The van der Waals surface area contributed by atoms with Crippen LogP contribution in [0.3, 0.4) is 0 Å². The van der Waals surface area contributed by atoms with Crippen molar-refractivity contribution < 1.29 is 0 Å². The Labute approximate surface area is 186 Å². The van der Waals surface area contributed by atoms with Gasteiger partial charge in [-0.3, -0.25) is 0 Å². The molecule has 0 aliphatic carbocycles. The van der Waals surface area contributed by atoms with E-state index in [0.29, 0.717) is 0 Å². The molecule has 174 valence electrons. The van der Waals surface area contributed by atoms with Crippen LogP contribution in [0.5, 0.6) is 0 Å². The molecule has 0 fully saturated rings. The van der Waals surface area contributed by atoms with E-state index >= 15 is 0 Å². The fraction of sp³-hybridized carbons (Fsp3) is 0.931. The first-order valence-electron chi connectivity index (χ1n) is 14.1. The summed E-state index contributed by atoms with van der Waals surface area (Å²) in [6.45, 7) is 4.60. The molecule has 0 aromatic carbocycles. The van der Waals surface area contributed by atoms with Gasteiger partial charge in [0.25, 0.3) is 0 Å². The summed E-state index contributed by atoms with van der Waals surface area (Å²) < 4.78 is 0. The molecule has 0 saturated carbocycles. The highest BCUT2D eigenvalue weighted by Crippen LogP contribution is 2.14. The molecular formula is C29H58. The second-order valence-corrected chi connectivity index (χ2v) is 9.47. The summed E-state index contributed by atoms with van der Waals surface area (Å²) >= 11 is 0. The maximum Gasteiger partial charge on any atom is -0.0351 e. The fourth-order valence-corrected chi connectivity index (χ4v) is 4.27. The largest absolute Gasteiger partial charge is 0.0885 e. The summed E-state index contributed by atoms with van der Waals surface area (Å²) in [6, 6.07) is 0. The lowest BCUT2D eigenvalue weighted by Gasteiger charge is -2.02. The zero-order valence-electron chi connectivity index (χ0n) is 20.8. The molecule has 0 heteroatoms. The van der Waals surface area contributed by atoms with Crippen LogP contribution < -0.4 is 0 Å². The topological polar surface area (TPSA) is 0 Å². The van der Waals surface area contributed by atoms with E-state index in [9.17, 15) is 0 Å². The lowest BCUT2D eigenvalue weighted by atomic mass is 10.0. The van der Waals surface area contributed by atoms with Crippen LogP contribution >= 0.6 is 0 Å². The number of unbranched alkanes of at least 4 members (excludes halogenated alkanes) is 23. The zero-order valence-corrected chi connectivity index (χ0v) is 20.8. The first kappa shape index (κ1) is 28.7. The van der Waals surface area contributed by atoms with Crippen molar-refractivity contribution in [3.63, 3.8) is 0 Å². The van der Waals surface area contributed by atoms with Crippen molar-refractivity contribution in [1.82, 2.24) is 0 Å². The molecule has 0 spiro atoms. The first-order valence-corrected chi connectivity index (χ1v) is 14.1. The molecule has 29 heavy (non-hydrogen) atoms. The summed E-state index contributed by atoms with van der Waals surface area (Å²) in [6.07, 6.45) is 40.9. The van der Waals surface area contributed by atoms with Gasteiger partial charge in [-0.2, -0.15) is 0 Å². The fourth-order valence-electron chi connectivity index (χ4n) is 4.27. The monoisotopic (exact) mass is 406 g/mol. The van der Waals surface area contributed by atoms with Crippen LogP contribution in [0.15, 0.2) is 12.2 Å². The van der Waals surface area contributed by atoms with E-state index in [1.807, 2.05) is 0 Å². The van der Waals surface area contributed by atoms with Gasteiger partial charge in [0.1, 0.15) is 0 Å². The van der Waals surface area contributed by atoms with Gasteiger partial charge in [-0.1, -0.05) is 161 Å². The number of hydrogen-bond donors (Lipinski definition) is 0. The van der Waals surface area contributed by atoms with E-state index in [-0.39, 0.29) is 0 Å². The van der Waals surface area contributed by atoms with E-state index in [1.165, 1.54) is 161 Å². The summed E-state index contributed by atoms with van der Waals surface area (Å²) in [5.41, 5.74) is 0. The van der Waals surface area contributed by atoms with Gasteiger partial charge in [-0.25, -0.2) is 0 Å². The van der Waals surface area contributed by atoms with Gasteiger partial charge in [-0.15, -0.1) is 0 Å². The number of rotatable bonds is 25. The third-order valence-electron chi connectivity index (χ3n) is 6.37. The van der Waals surface area contributed by atoms with Gasteiger partial charge in [0, 0.05) is 0 Å². The Morgan fingerprint density at radius 3 is 0.724 bits per heavy atom. The Morgan fingerprint density at radius 1 is 0.276 bits per heavy atom. The Bertz CT molecular complexity index is 290. The van der Waals surface area contributed by atoms with Gasteiger partial charge >= 0.3 is 0 Å². The van der Waals surface area contributed by atoms with Crippen LogP contribution in [0.1, 0.15) is 174 Å². The zero-order chi connectivity index (χ0) is 21.1. The molecule has 0 radical (unpaired) electrons. The van der Waals surface area contributed by atoms with Crippen LogP contribution in [-0.4, -0.2) is 0 Å². The third kappa shape index (κ3) is 27.7. The standard InChI is InChI=1S/C29H58/c1-3-5-7-9-11-13-15-17-19-21-23-25-27-29-28-26-24-22-20-18-16-14-12-10-8-6-4-2/h27,29H,3-26,28H2,1-2H3/b29-27-. The van der Waals surface area contributed by atoms with E-state index < -0.39 is 0 Å². The molecule has 0 aliphatic rings. The average Bonchev–Trinajstić information content (AvgIpc) is 2.74. The van der Waals surface area contributed by atoms with Crippen LogP contribution in [0.25, 0.3) is 0 Å². The van der Waals surface area contributed by atoms with Gasteiger partial charge in [0.2, 0.25) is 0 Å². The van der Waals surface area contributed by atoms with E-state index in [1.54, 1.807) is 0 Å². The van der Waals surface area contributed by atoms with Crippen LogP contribution in [0.2, 0.25) is 0 Å². The number of hydrogen-bond acceptors (Lipinski definition) is 0. The lowest BCUT2D eigenvalue weighted by Crippen LogP contribution is -1.82. The van der Waals surface area contributed by atoms with Gasteiger partial charge in [-0.05, 0) is 25.7 Å². The minimum atomic E-state index is 1.31. The number of allylic oxidation sites excluding steroid dienone is 2. The SMILES string of the molecule is CCCCCCCCCCCCC/C=C\CCCCCCCCCCCCCC. The predicted molar refractivity (Wildman–Crippen MR) is 136 cm³/mol. The molecule has 0 heterocycles. The van der Waals surface area contributed by atoms with Crippen molar-refractivity contribution in [2.24, 2.45) is 0 Å². The Kier molecular flexibility index (Phi) is 27.5. The molecule has 0 unspecified atom stereocenters. The second kappa shape index (κ2) is 27.7. The minimum absolute atomic E-state index is 1.31. The van der Waals surface area contributed by atoms with Crippen molar-refractivity contribution in [3.8, 4) is 0 Å². The normalized spacial score (nSPS) is 11.7. The molecule has 0 bridgehead atoms. The molecular weight excluding hydrogens is 348 g/mol. The molecule has 0 nitrogen and oxygen atoms in total. The smallest absolute Gasteiger partial charge is 0.0351 e. The molecule has 0 aromatic rings. The molecule has 0 aromatic heterocycles. The molecule has 0 saturated heterocycles. The predicted octanol–water partition coefficient (Wildman–Crippen LogP) is 11.3. The van der Waals surface area contributed by atoms with Crippen LogP contribution in [-0.2, 0) is 0 Å². The van der Waals surface area contributed by atoms with Crippen LogP contribution in [0, 0.1) is 0 Å². The van der Waals surface area contributed by atoms with Crippen molar-refractivity contribution in [2.75, 3.05) is 0 Å². The van der Waals surface area contributed by atoms with Gasteiger partial charge in [0.15, 0.2) is 0 Å². The van der Waals surface area contributed by atoms with Crippen LogP contribution in [0.4, 0.5) is 0 Å². The molecule has 0 aliphatic heterocycles. The highest BCUT2D eigenvalue weighted by atomic mass is 14.0. The summed E-state index contributed by atoms with van der Waals surface area (Å²) in [5, 5.41) is 0. The highest BCUT2D eigenvalue weighted by molar-refractivity contribution is 4.81. The minimum Gasteiger partial charge on any atom is -0.0885 e. The maximum atomic E-state index is 2.45. The van der Waals surface area contributed by atoms with E-state index in [0.717, 1.165) is 0 Å². The summed E-state index contributed by atoms with van der Waals surface area (Å²) in [4.78, 5) is 0. The molecule has 0 amide bonds. The van der Waals surface area contributed by atoms with E-state index in [4.69, 9.17) is 0 Å². The van der Waals surface area contributed by atoms with E-state index in [2.05, 4.69) is 26.0 Å². The van der Waals surface area contributed by atoms with Gasteiger partial charge < -0.3 is 0 Å². The van der Waals surface area contributed by atoms with Crippen molar-refractivity contribution in [2.45, 2.75) is 174 Å².